The van der Waals surface area contributed by atoms with E-state index in [0.29, 0.717) is 14.9 Å². The van der Waals surface area contributed by atoms with E-state index in [1.807, 2.05) is 0 Å². The highest BCUT2D eigenvalue weighted by Gasteiger charge is 2.15. The first kappa shape index (κ1) is 10.5. The van der Waals surface area contributed by atoms with Crippen molar-refractivity contribution in [1.29, 1.82) is 0 Å². The smallest absolute Gasteiger partial charge is 0.203 e. The van der Waals surface area contributed by atoms with Crippen LogP contribution in [0.3, 0.4) is 0 Å². The summed E-state index contributed by atoms with van der Waals surface area (Å²) in [5, 5.41) is 11.1. The zero-order chi connectivity index (χ0) is 10.2. The summed E-state index contributed by atoms with van der Waals surface area (Å²) in [6.07, 6.45) is 2.11. The van der Waals surface area contributed by atoms with E-state index in [0.717, 1.165) is 12.5 Å². The summed E-state index contributed by atoms with van der Waals surface area (Å²) in [6.45, 7) is 1.60. The van der Waals surface area contributed by atoms with Gasteiger partial charge in [0.1, 0.15) is 4.90 Å². The fraction of sp³-hybridized carbons (Fsp3) is 0.286. The van der Waals surface area contributed by atoms with E-state index in [1.54, 1.807) is 6.92 Å². The molecule has 1 heterocycles. The summed E-state index contributed by atoms with van der Waals surface area (Å²) in [7, 11) is -3.32. The summed E-state index contributed by atoms with van der Waals surface area (Å²) >= 11 is 3.10. The van der Waals surface area contributed by atoms with Crippen molar-refractivity contribution in [3.63, 3.8) is 0 Å². The van der Waals surface area contributed by atoms with E-state index in [-0.39, 0.29) is 4.90 Å². The Morgan fingerprint density at radius 1 is 1.54 bits per heavy atom. The first-order valence-electron chi connectivity index (χ1n) is 3.42. The molecule has 0 spiro atoms. The number of pyridine rings is 1. The molecule has 0 saturated carbocycles. The number of rotatable bonds is 1. The van der Waals surface area contributed by atoms with Gasteiger partial charge in [0.25, 0.3) is 0 Å². The molecule has 1 aromatic rings. The van der Waals surface area contributed by atoms with Crippen molar-refractivity contribution < 1.29 is 13.1 Å². The van der Waals surface area contributed by atoms with Gasteiger partial charge in [0.05, 0.1) is 4.47 Å². The Hall–Kier alpha value is -0.620. The first-order chi connectivity index (χ1) is 5.82. The predicted octanol–water partition coefficient (Wildman–Crippen LogP) is 0.794. The Morgan fingerprint density at radius 2 is 2.08 bits per heavy atom. The van der Waals surface area contributed by atoms with Gasteiger partial charge in [0, 0.05) is 13.2 Å². The number of hydrogen-bond donors (Lipinski definition) is 0. The molecule has 4 nitrogen and oxygen atoms in total. The van der Waals surface area contributed by atoms with Gasteiger partial charge in [0.15, 0.2) is 16.0 Å². The Bertz CT molecular complexity index is 418. The van der Waals surface area contributed by atoms with Gasteiger partial charge in [-0.3, -0.25) is 0 Å². The Morgan fingerprint density at radius 3 is 2.46 bits per heavy atom. The van der Waals surface area contributed by atoms with Crippen LogP contribution in [0.1, 0.15) is 5.69 Å². The number of nitrogens with zero attached hydrogens (tertiary/aromatic N) is 1. The van der Waals surface area contributed by atoms with Crippen LogP contribution in [0.2, 0.25) is 0 Å². The lowest BCUT2D eigenvalue weighted by Crippen LogP contribution is -2.31. The molecule has 0 radical (unpaired) electrons. The minimum atomic E-state index is -3.32. The molecule has 6 heteroatoms. The van der Waals surface area contributed by atoms with E-state index in [1.165, 1.54) is 6.07 Å². The van der Waals surface area contributed by atoms with Crippen molar-refractivity contribution in [2.24, 2.45) is 0 Å². The van der Waals surface area contributed by atoms with Crippen LogP contribution >= 0.6 is 15.9 Å². The number of sulfone groups is 1. The minimum Gasteiger partial charge on any atom is -0.618 e. The topological polar surface area (TPSA) is 61.1 Å². The van der Waals surface area contributed by atoms with Crippen molar-refractivity contribution in [3.8, 4) is 0 Å². The number of halogens is 1. The first-order valence-corrected chi connectivity index (χ1v) is 6.10. The summed E-state index contributed by atoms with van der Waals surface area (Å²) in [4.78, 5) is 0.0139. The molecule has 0 aliphatic carbocycles. The average molecular weight is 266 g/mol. The van der Waals surface area contributed by atoms with Gasteiger partial charge in [-0.05, 0) is 22.0 Å². The lowest BCUT2D eigenvalue weighted by molar-refractivity contribution is -0.615. The van der Waals surface area contributed by atoms with Crippen LogP contribution in [0.4, 0.5) is 0 Å². The summed E-state index contributed by atoms with van der Waals surface area (Å²) < 4.78 is 23.2. The second-order valence-electron chi connectivity index (χ2n) is 2.71. The third-order valence-electron chi connectivity index (χ3n) is 1.62. The van der Waals surface area contributed by atoms with Gasteiger partial charge in [0.2, 0.25) is 5.69 Å². The van der Waals surface area contributed by atoms with Gasteiger partial charge in [-0.1, -0.05) is 0 Å². The minimum absolute atomic E-state index is 0.0139. The predicted molar refractivity (Wildman–Crippen MR) is 50.9 cm³/mol. The normalized spacial score (nSPS) is 11.6. The lowest BCUT2D eigenvalue weighted by Gasteiger charge is -2.04. The highest BCUT2D eigenvalue weighted by molar-refractivity contribution is 9.10. The number of aromatic nitrogens is 1. The van der Waals surface area contributed by atoms with Crippen LogP contribution in [0.5, 0.6) is 0 Å². The molecule has 1 rings (SSSR count). The quantitative estimate of drug-likeness (QED) is 0.557. The molecule has 0 aliphatic rings. The molecule has 1 aromatic heterocycles. The molecule has 13 heavy (non-hydrogen) atoms. The third kappa shape index (κ3) is 2.19. The van der Waals surface area contributed by atoms with Crippen LogP contribution in [0, 0.1) is 12.1 Å². The molecule has 0 N–H and O–H groups in total. The van der Waals surface area contributed by atoms with Crippen molar-refractivity contribution >= 4 is 25.8 Å². The summed E-state index contributed by atoms with van der Waals surface area (Å²) in [5.41, 5.74) is 0.437. The highest BCUT2D eigenvalue weighted by Crippen LogP contribution is 2.16. The zero-order valence-electron chi connectivity index (χ0n) is 7.11. The van der Waals surface area contributed by atoms with Gasteiger partial charge in [-0.15, -0.1) is 0 Å². The maximum Gasteiger partial charge on any atom is 0.203 e. The molecule has 72 valence electrons. The van der Waals surface area contributed by atoms with Crippen molar-refractivity contribution in [3.05, 3.63) is 27.6 Å². The van der Waals surface area contributed by atoms with E-state index in [9.17, 15) is 13.6 Å². The van der Waals surface area contributed by atoms with E-state index in [4.69, 9.17) is 0 Å². The Labute approximate surface area is 84.8 Å². The second-order valence-corrected chi connectivity index (χ2v) is 5.58. The second kappa shape index (κ2) is 3.26. The summed E-state index contributed by atoms with van der Waals surface area (Å²) in [6, 6.07) is 1.42. The lowest BCUT2D eigenvalue weighted by atomic mass is 10.4. The van der Waals surface area contributed by atoms with E-state index < -0.39 is 9.84 Å². The fourth-order valence-corrected chi connectivity index (χ4v) is 1.98. The molecular formula is C7H8BrNO3S. The van der Waals surface area contributed by atoms with Crippen molar-refractivity contribution in [2.45, 2.75) is 11.8 Å². The van der Waals surface area contributed by atoms with Crippen molar-refractivity contribution in [1.82, 2.24) is 0 Å². The van der Waals surface area contributed by atoms with Crippen LogP contribution < -0.4 is 4.73 Å². The summed E-state index contributed by atoms with van der Waals surface area (Å²) in [5.74, 6) is 0. The Kier molecular flexibility index (Phi) is 2.63. The molecule has 0 bridgehead atoms. The van der Waals surface area contributed by atoms with E-state index in [2.05, 4.69) is 15.9 Å². The molecule has 0 atom stereocenters. The molecule has 0 aliphatic heterocycles. The SMILES string of the molecule is Cc1c(Br)cc(S(C)(=O)=O)c[n+]1[O-]. The van der Waals surface area contributed by atoms with Crippen LogP contribution in [0.15, 0.2) is 21.6 Å². The maximum absolute atomic E-state index is 11.1. The average Bonchev–Trinajstić information content (AvgIpc) is 1.97. The number of hydrogen-bond acceptors (Lipinski definition) is 3. The van der Waals surface area contributed by atoms with Gasteiger partial charge >= 0.3 is 0 Å². The molecule has 0 saturated heterocycles. The van der Waals surface area contributed by atoms with Gasteiger partial charge < -0.3 is 5.21 Å². The molecule has 0 aromatic carbocycles. The van der Waals surface area contributed by atoms with Crippen LogP contribution in [-0.2, 0) is 9.84 Å². The van der Waals surface area contributed by atoms with E-state index >= 15 is 0 Å². The Balaban J connectivity index is 3.47. The van der Waals surface area contributed by atoms with Gasteiger partial charge in [-0.2, -0.15) is 4.73 Å². The van der Waals surface area contributed by atoms with Crippen LogP contribution in [-0.4, -0.2) is 14.7 Å². The zero-order valence-corrected chi connectivity index (χ0v) is 9.52. The molecule has 0 amide bonds. The maximum atomic E-state index is 11.1. The largest absolute Gasteiger partial charge is 0.618 e. The molecular weight excluding hydrogens is 258 g/mol. The van der Waals surface area contributed by atoms with Crippen LogP contribution in [0.25, 0.3) is 0 Å². The van der Waals surface area contributed by atoms with Gasteiger partial charge in [-0.25, -0.2) is 8.42 Å². The molecule has 0 fully saturated rings. The monoisotopic (exact) mass is 265 g/mol. The van der Waals surface area contributed by atoms with Crippen molar-refractivity contribution in [2.75, 3.05) is 6.26 Å². The fourth-order valence-electron chi connectivity index (χ4n) is 0.787. The standard InChI is InChI=1S/C7H8BrNO3S/c1-5-7(8)3-6(4-9(5)10)13(2,11)12/h3-4H,1-2H3. The highest BCUT2D eigenvalue weighted by atomic mass is 79.9. The third-order valence-corrected chi connectivity index (χ3v) is 3.50. The molecule has 0 unspecified atom stereocenters.